The van der Waals surface area contributed by atoms with E-state index in [1.807, 2.05) is 24.4 Å². The number of aromatic amines is 1. The highest BCUT2D eigenvalue weighted by Crippen LogP contribution is 2.48. The lowest BCUT2D eigenvalue weighted by Gasteiger charge is -2.58. The number of nitrogens with zero attached hydrogens (tertiary/aromatic N) is 6. The summed E-state index contributed by atoms with van der Waals surface area (Å²) in [5.41, 5.74) is 5.71. The maximum absolute atomic E-state index is 12.1. The van der Waals surface area contributed by atoms with Gasteiger partial charge in [-0.05, 0) is 75.2 Å². The fraction of sp³-hybridized carbons (Fsp3) is 0.500. The molecule has 1 aromatic carbocycles. The number of hydrogen-bond acceptors (Lipinski definition) is 11. The number of rotatable bonds is 7. The van der Waals surface area contributed by atoms with Gasteiger partial charge >= 0.3 is 5.97 Å². The first-order valence-corrected chi connectivity index (χ1v) is 16.4. The zero-order valence-electron chi connectivity index (χ0n) is 26.3. The van der Waals surface area contributed by atoms with Crippen LogP contribution in [0.5, 0.6) is 11.6 Å². The lowest BCUT2D eigenvalue weighted by atomic mass is 9.61. The van der Waals surface area contributed by atoms with Crippen molar-refractivity contribution in [3.63, 3.8) is 0 Å². The highest BCUT2D eigenvalue weighted by atomic mass is 16.6. The molecule has 0 radical (unpaired) electrons. The largest absolute Gasteiger partial charge is 0.507 e. The Hall–Kier alpha value is -4.29. The van der Waals surface area contributed by atoms with Crippen LogP contribution in [0.3, 0.4) is 0 Å². The number of aromatic nitrogens is 5. The molecule has 3 fully saturated rings. The van der Waals surface area contributed by atoms with Crippen LogP contribution in [-0.4, -0.2) is 93.6 Å². The van der Waals surface area contributed by atoms with Crippen molar-refractivity contribution in [1.82, 2.24) is 35.4 Å². The number of hydrogen-bond donors (Lipinski definition) is 3. The van der Waals surface area contributed by atoms with Gasteiger partial charge in [-0.1, -0.05) is 12.1 Å². The second-order valence-electron chi connectivity index (χ2n) is 13.4. The fourth-order valence-corrected chi connectivity index (χ4v) is 8.04. The standard InChI is InChI=1S/C34H40N8O4/c1-20-30-24-13-27(23-5-3-4-6-28(23)43)39-40-31(24)37-26(30)9-12-42(20)33-36-16-25(32(38-33)46-17-29(44)45-2)21-7-10-41(11-8-21)22-14-34(15-22)18-35-19-34/h3-6,13,16,20-22,35,43H,7-12,14-15,17-19H2,1-2H3,(H,37,40)/t20-/m1/s1. The molecule has 0 unspecified atom stereocenters. The Bertz CT molecular complexity index is 1770. The Balaban J connectivity index is 1.05. The number of benzene rings is 1. The molecule has 3 aromatic heterocycles. The van der Waals surface area contributed by atoms with E-state index in [4.69, 9.17) is 19.4 Å². The van der Waals surface area contributed by atoms with Crippen LogP contribution in [0.4, 0.5) is 5.95 Å². The van der Waals surface area contributed by atoms with Gasteiger partial charge in [-0.15, -0.1) is 10.2 Å². The first-order chi connectivity index (χ1) is 22.4. The third-order valence-electron chi connectivity index (χ3n) is 10.7. The van der Waals surface area contributed by atoms with Gasteiger partial charge in [0.1, 0.15) is 5.75 Å². The summed E-state index contributed by atoms with van der Waals surface area (Å²) in [6, 6.07) is 9.77. The number of carbonyl (C=O) groups is 1. The van der Waals surface area contributed by atoms with Crippen LogP contribution in [-0.2, 0) is 16.0 Å². The van der Waals surface area contributed by atoms with E-state index in [2.05, 4.69) is 37.2 Å². The van der Waals surface area contributed by atoms with Crippen LogP contribution < -0.4 is 15.0 Å². The molecule has 46 heavy (non-hydrogen) atoms. The third-order valence-corrected chi connectivity index (χ3v) is 10.7. The van der Waals surface area contributed by atoms with Gasteiger partial charge in [0.2, 0.25) is 11.8 Å². The molecular weight excluding hydrogens is 584 g/mol. The average molecular weight is 625 g/mol. The molecular formula is C34H40N8O4. The Morgan fingerprint density at radius 1 is 1.13 bits per heavy atom. The summed E-state index contributed by atoms with van der Waals surface area (Å²) in [7, 11) is 1.36. The third kappa shape index (κ3) is 5.04. The van der Waals surface area contributed by atoms with Gasteiger partial charge in [-0.2, -0.15) is 4.98 Å². The quantitative estimate of drug-likeness (QED) is 0.259. The number of piperidine rings is 1. The molecule has 8 rings (SSSR count). The Labute approximate surface area is 267 Å². The zero-order valence-corrected chi connectivity index (χ0v) is 26.3. The van der Waals surface area contributed by atoms with Crippen LogP contribution >= 0.6 is 0 Å². The molecule has 1 atom stereocenters. The summed E-state index contributed by atoms with van der Waals surface area (Å²) >= 11 is 0. The van der Waals surface area contributed by atoms with Crippen LogP contribution in [0.25, 0.3) is 22.3 Å². The lowest BCUT2D eigenvalue weighted by Crippen LogP contribution is -2.65. The van der Waals surface area contributed by atoms with Crippen LogP contribution in [0.2, 0.25) is 0 Å². The summed E-state index contributed by atoms with van der Waals surface area (Å²) in [6.45, 7) is 7.09. The van der Waals surface area contributed by atoms with Crippen LogP contribution in [0.15, 0.2) is 36.5 Å². The van der Waals surface area contributed by atoms with E-state index in [0.717, 1.165) is 54.6 Å². The minimum Gasteiger partial charge on any atom is -0.507 e. The highest BCUT2D eigenvalue weighted by molar-refractivity contribution is 5.86. The number of methoxy groups -OCH3 is 1. The van der Waals surface area contributed by atoms with Gasteiger partial charge in [0, 0.05) is 66.1 Å². The number of likely N-dealkylation sites (tertiary alicyclic amines) is 1. The molecule has 6 heterocycles. The van der Waals surface area contributed by atoms with Gasteiger partial charge in [-0.25, -0.2) is 9.78 Å². The summed E-state index contributed by atoms with van der Waals surface area (Å²) in [4.78, 5) is 30.2. The number of carbonyl (C=O) groups excluding carboxylic acids is 1. The van der Waals surface area contributed by atoms with Gasteiger partial charge in [0.05, 0.1) is 18.8 Å². The molecule has 4 aromatic rings. The predicted octanol–water partition coefficient (Wildman–Crippen LogP) is 3.73. The van der Waals surface area contributed by atoms with E-state index in [1.54, 1.807) is 12.1 Å². The normalized spacial score (nSPS) is 21.5. The Kier molecular flexibility index (Phi) is 7.28. The molecule has 12 heteroatoms. The molecule has 0 bridgehead atoms. The number of ether oxygens (including phenoxy) is 2. The molecule has 12 nitrogen and oxygen atoms in total. The van der Waals surface area contributed by atoms with Crippen molar-refractivity contribution in [2.45, 2.75) is 57.0 Å². The number of nitrogens with one attached hydrogen (secondary N) is 2. The summed E-state index contributed by atoms with van der Waals surface area (Å²) in [5.74, 6) is 1.01. The van der Waals surface area contributed by atoms with Crippen molar-refractivity contribution in [3.8, 4) is 22.9 Å². The first-order valence-electron chi connectivity index (χ1n) is 16.4. The second-order valence-corrected chi connectivity index (χ2v) is 13.4. The molecule has 2 saturated heterocycles. The minimum atomic E-state index is -0.443. The topological polar surface area (TPSA) is 142 Å². The number of esters is 1. The van der Waals surface area contributed by atoms with E-state index >= 15 is 0 Å². The average Bonchev–Trinajstić information content (AvgIpc) is 3.42. The van der Waals surface area contributed by atoms with Gasteiger partial charge < -0.3 is 34.7 Å². The number of anilines is 1. The monoisotopic (exact) mass is 624 g/mol. The number of aromatic hydroxyl groups is 1. The fourth-order valence-electron chi connectivity index (χ4n) is 8.04. The predicted molar refractivity (Wildman–Crippen MR) is 172 cm³/mol. The number of H-pyrrole nitrogens is 1. The number of phenolic OH excluding ortho intramolecular Hbond substituents is 1. The van der Waals surface area contributed by atoms with Crippen LogP contribution in [0, 0.1) is 5.41 Å². The molecule has 1 saturated carbocycles. The van der Waals surface area contributed by atoms with E-state index < -0.39 is 5.97 Å². The summed E-state index contributed by atoms with van der Waals surface area (Å²) in [5, 5.41) is 23.7. The molecule has 3 aliphatic heterocycles. The molecule has 1 aliphatic carbocycles. The van der Waals surface area contributed by atoms with Crippen molar-refractivity contribution < 1.29 is 19.4 Å². The SMILES string of the molecule is COC(=O)COc1nc(N2CCc3[nH]c4nnc(-c5ccccc5O)cc4c3[C@H]2C)ncc1C1CCN(C2CC3(CNC3)C2)CC1. The Morgan fingerprint density at radius 3 is 2.67 bits per heavy atom. The van der Waals surface area contributed by atoms with Crippen molar-refractivity contribution in [2.24, 2.45) is 5.41 Å². The molecule has 1 spiro atoms. The summed E-state index contributed by atoms with van der Waals surface area (Å²) < 4.78 is 10.9. The highest BCUT2D eigenvalue weighted by Gasteiger charge is 2.50. The number of para-hydroxylation sites is 1. The van der Waals surface area contributed by atoms with Crippen molar-refractivity contribution in [1.29, 1.82) is 0 Å². The zero-order chi connectivity index (χ0) is 31.4. The van der Waals surface area contributed by atoms with Gasteiger partial charge in [-0.3, -0.25) is 0 Å². The van der Waals surface area contributed by atoms with E-state index in [-0.39, 0.29) is 24.3 Å². The van der Waals surface area contributed by atoms with Crippen molar-refractivity contribution in [2.75, 3.05) is 51.3 Å². The number of phenols is 1. The van der Waals surface area contributed by atoms with Gasteiger partial charge in [0.25, 0.3) is 0 Å². The van der Waals surface area contributed by atoms with E-state index in [0.29, 0.717) is 46.7 Å². The van der Waals surface area contributed by atoms with Crippen LogP contribution in [0.1, 0.15) is 61.4 Å². The first kappa shape index (κ1) is 29.1. The molecule has 0 amide bonds. The minimum absolute atomic E-state index is 0.0712. The van der Waals surface area contributed by atoms with Crippen molar-refractivity contribution in [3.05, 3.63) is 53.3 Å². The lowest BCUT2D eigenvalue weighted by molar-refractivity contribution is -0.143. The molecule has 240 valence electrons. The molecule has 3 N–H and O–H groups in total. The van der Waals surface area contributed by atoms with E-state index in [9.17, 15) is 9.90 Å². The maximum Gasteiger partial charge on any atom is 0.343 e. The second kappa shape index (κ2) is 11.5. The smallest absolute Gasteiger partial charge is 0.343 e. The molecule has 4 aliphatic rings. The summed E-state index contributed by atoms with van der Waals surface area (Å²) in [6.07, 6.45) is 7.31. The Morgan fingerprint density at radius 2 is 1.93 bits per heavy atom. The van der Waals surface area contributed by atoms with E-state index in [1.165, 1.54) is 33.0 Å². The van der Waals surface area contributed by atoms with Crippen molar-refractivity contribution >= 4 is 23.0 Å². The van der Waals surface area contributed by atoms with Gasteiger partial charge in [0.15, 0.2) is 12.3 Å². The maximum atomic E-state index is 12.1. The number of fused-ring (bicyclic) bond motifs is 3.